The molecule has 0 spiro atoms. The van der Waals surface area contributed by atoms with Gasteiger partial charge in [-0.1, -0.05) is 5.92 Å². The third-order valence-corrected chi connectivity index (χ3v) is 1.91. The first-order valence-electron chi connectivity index (χ1n) is 3.95. The summed E-state index contributed by atoms with van der Waals surface area (Å²) in [6.45, 7) is 0.528. The molecule has 2 N–H and O–H groups in total. The van der Waals surface area contributed by atoms with Gasteiger partial charge in [-0.15, -0.1) is 6.42 Å². The molecule has 0 bridgehead atoms. The minimum Gasteiger partial charge on any atom is -0.399 e. The van der Waals surface area contributed by atoms with Crippen molar-refractivity contribution < 1.29 is 0 Å². The molecule has 1 heterocycles. The van der Waals surface area contributed by atoms with E-state index in [0.717, 1.165) is 16.7 Å². The molecule has 0 aliphatic carbocycles. The largest absolute Gasteiger partial charge is 0.399 e. The summed E-state index contributed by atoms with van der Waals surface area (Å²) >= 11 is 0. The first-order valence-corrected chi connectivity index (χ1v) is 3.95. The third kappa shape index (κ3) is 1.23. The zero-order valence-corrected chi connectivity index (χ0v) is 7.07. The van der Waals surface area contributed by atoms with E-state index >= 15 is 0 Å². The maximum atomic E-state index is 5.66. The second-order valence-electron chi connectivity index (χ2n) is 2.82. The number of hydrogen-bond donors (Lipinski definition) is 1. The first-order chi connectivity index (χ1) is 6.31. The average Bonchev–Trinajstić information content (AvgIpc) is 2.49. The normalized spacial score (nSPS) is 10.1. The Morgan fingerprint density at radius 3 is 3.15 bits per heavy atom. The van der Waals surface area contributed by atoms with Crippen LogP contribution in [0.3, 0.4) is 0 Å². The maximum Gasteiger partial charge on any atom is 0.0966 e. The molecule has 3 nitrogen and oxygen atoms in total. The fourth-order valence-electron chi connectivity index (χ4n) is 1.30. The van der Waals surface area contributed by atoms with Gasteiger partial charge in [0, 0.05) is 5.69 Å². The van der Waals surface area contributed by atoms with E-state index in [-0.39, 0.29) is 0 Å². The Labute approximate surface area is 76.2 Å². The lowest BCUT2D eigenvalue weighted by Gasteiger charge is -1.98. The molecule has 0 atom stereocenters. The number of rotatable bonds is 1. The molecule has 2 aromatic rings. The van der Waals surface area contributed by atoms with Crippen LogP contribution in [0.2, 0.25) is 0 Å². The molecule has 13 heavy (non-hydrogen) atoms. The number of benzene rings is 1. The molecule has 64 valence electrons. The Hall–Kier alpha value is -1.95. The molecule has 2 rings (SSSR count). The molecule has 0 saturated heterocycles. The van der Waals surface area contributed by atoms with Crippen molar-refractivity contribution in [2.45, 2.75) is 6.54 Å². The molecular formula is C10H9N3. The predicted octanol–water partition coefficient (Wildman–Crippen LogP) is 1.25. The van der Waals surface area contributed by atoms with Crippen LogP contribution in [0.5, 0.6) is 0 Å². The highest BCUT2D eigenvalue weighted by atomic mass is 15.0. The molecule has 0 amide bonds. The van der Waals surface area contributed by atoms with Crippen LogP contribution in [-0.4, -0.2) is 9.55 Å². The molecule has 0 saturated carbocycles. The van der Waals surface area contributed by atoms with Gasteiger partial charge in [-0.3, -0.25) is 0 Å². The minimum absolute atomic E-state index is 0.528. The highest BCUT2D eigenvalue weighted by Gasteiger charge is 2.00. The molecule has 0 aliphatic rings. The van der Waals surface area contributed by atoms with Crippen molar-refractivity contribution in [2.24, 2.45) is 0 Å². The second-order valence-corrected chi connectivity index (χ2v) is 2.82. The van der Waals surface area contributed by atoms with Gasteiger partial charge in [0.05, 0.1) is 23.9 Å². The summed E-state index contributed by atoms with van der Waals surface area (Å²) < 4.78 is 1.89. The minimum atomic E-state index is 0.528. The van der Waals surface area contributed by atoms with Crippen LogP contribution in [0.4, 0.5) is 5.69 Å². The van der Waals surface area contributed by atoms with Gasteiger partial charge in [0.1, 0.15) is 0 Å². The highest BCUT2D eigenvalue weighted by Crippen LogP contribution is 2.15. The van der Waals surface area contributed by atoms with Gasteiger partial charge in [-0.2, -0.15) is 0 Å². The van der Waals surface area contributed by atoms with Crippen molar-refractivity contribution in [3.63, 3.8) is 0 Å². The topological polar surface area (TPSA) is 43.8 Å². The summed E-state index contributed by atoms with van der Waals surface area (Å²) in [6.07, 6.45) is 6.95. The maximum absolute atomic E-state index is 5.66. The Bertz CT molecular complexity index is 476. The number of imidazole rings is 1. The average molecular weight is 171 g/mol. The van der Waals surface area contributed by atoms with Gasteiger partial charge in [-0.25, -0.2) is 4.98 Å². The predicted molar refractivity (Wildman–Crippen MR) is 53.0 cm³/mol. The van der Waals surface area contributed by atoms with Crippen LogP contribution in [0.1, 0.15) is 0 Å². The Balaban J connectivity index is 2.66. The number of nitrogens with zero attached hydrogens (tertiary/aromatic N) is 2. The van der Waals surface area contributed by atoms with E-state index in [0.29, 0.717) is 6.54 Å². The van der Waals surface area contributed by atoms with Crippen molar-refractivity contribution in [1.82, 2.24) is 9.55 Å². The zero-order chi connectivity index (χ0) is 9.26. The van der Waals surface area contributed by atoms with Crippen LogP contribution in [-0.2, 0) is 6.54 Å². The van der Waals surface area contributed by atoms with Crippen LogP contribution >= 0.6 is 0 Å². The zero-order valence-electron chi connectivity index (χ0n) is 7.07. The van der Waals surface area contributed by atoms with E-state index in [1.165, 1.54) is 0 Å². The fourth-order valence-corrected chi connectivity index (χ4v) is 1.30. The summed E-state index contributed by atoms with van der Waals surface area (Å²) in [5.41, 5.74) is 8.29. The van der Waals surface area contributed by atoms with E-state index in [4.69, 9.17) is 12.2 Å². The third-order valence-electron chi connectivity index (χ3n) is 1.91. The van der Waals surface area contributed by atoms with Crippen LogP contribution in [0, 0.1) is 12.3 Å². The quantitative estimate of drug-likeness (QED) is 0.518. The van der Waals surface area contributed by atoms with Crippen LogP contribution in [0.25, 0.3) is 11.0 Å². The number of nitrogen functional groups attached to an aromatic ring is 1. The van der Waals surface area contributed by atoms with E-state index in [9.17, 15) is 0 Å². The van der Waals surface area contributed by atoms with Crippen molar-refractivity contribution >= 4 is 16.7 Å². The summed E-state index contributed by atoms with van der Waals surface area (Å²) in [6, 6.07) is 5.59. The lowest BCUT2D eigenvalue weighted by Crippen LogP contribution is -1.93. The van der Waals surface area contributed by atoms with Gasteiger partial charge >= 0.3 is 0 Å². The van der Waals surface area contributed by atoms with E-state index in [1.807, 2.05) is 22.8 Å². The summed E-state index contributed by atoms with van der Waals surface area (Å²) in [4.78, 5) is 4.19. The molecule has 0 radical (unpaired) electrons. The summed E-state index contributed by atoms with van der Waals surface area (Å²) in [7, 11) is 0. The second kappa shape index (κ2) is 2.83. The molecule has 0 fully saturated rings. The number of hydrogen-bond acceptors (Lipinski definition) is 2. The number of terminal acetylenes is 1. The Morgan fingerprint density at radius 1 is 1.54 bits per heavy atom. The van der Waals surface area contributed by atoms with Crippen molar-refractivity contribution in [2.75, 3.05) is 5.73 Å². The summed E-state index contributed by atoms with van der Waals surface area (Å²) in [5.74, 6) is 2.56. The monoisotopic (exact) mass is 171 g/mol. The van der Waals surface area contributed by atoms with Crippen LogP contribution < -0.4 is 5.73 Å². The lowest BCUT2D eigenvalue weighted by molar-refractivity contribution is 0.871. The van der Waals surface area contributed by atoms with Crippen molar-refractivity contribution in [3.8, 4) is 12.3 Å². The number of fused-ring (bicyclic) bond motifs is 1. The molecule has 1 aromatic carbocycles. The van der Waals surface area contributed by atoms with Crippen molar-refractivity contribution in [3.05, 3.63) is 24.5 Å². The highest BCUT2D eigenvalue weighted by molar-refractivity contribution is 5.79. The molecular weight excluding hydrogens is 162 g/mol. The van der Waals surface area contributed by atoms with E-state index < -0.39 is 0 Å². The van der Waals surface area contributed by atoms with Gasteiger partial charge in [-0.05, 0) is 18.2 Å². The fraction of sp³-hybridized carbons (Fsp3) is 0.100. The summed E-state index contributed by atoms with van der Waals surface area (Å²) in [5, 5.41) is 0. The van der Waals surface area contributed by atoms with Gasteiger partial charge in [0.2, 0.25) is 0 Å². The SMILES string of the molecule is C#CCn1cnc2ccc(N)cc21. The molecule has 0 aliphatic heterocycles. The Morgan fingerprint density at radius 2 is 2.38 bits per heavy atom. The standard InChI is InChI=1S/C10H9N3/c1-2-5-13-7-12-9-4-3-8(11)6-10(9)13/h1,3-4,6-7H,5,11H2. The molecule has 1 aromatic heterocycles. The van der Waals surface area contributed by atoms with Crippen LogP contribution in [0.15, 0.2) is 24.5 Å². The van der Waals surface area contributed by atoms with E-state index in [1.54, 1.807) is 6.33 Å². The first kappa shape index (κ1) is 7.69. The van der Waals surface area contributed by atoms with Crippen molar-refractivity contribution in [1.29, 1.82) is 0 Å². The van der Waals surface area contributed by atoms with E-state index in [2.05, 4.69) is 10.9 Å². The number of aromatic nitrogens is 2. The number of nitrogens with two attached hydrogens (primary N) is 1. The molecule has 3 heteroatoms. The smallest absolute Gasteiger partial charge is 0.0966 e. The van der Waals surface area contributed by atoms with Gasteiger partial charge in [0.25, 0.3) is 0 Å². The number of anilines is 1. The molecule has 0 unspecified atom stereocenters. The van der Waals surface area contributed by atoms with Gasteiger partial charge < -0.3 is 10.3 Å². The van der Waals surface area contributed by atoms with Gasteiger partial charge in [0.15, 0.2) is 0 Å². The lowest BCUT2D eigenvalue weighted by atomic mass is 10.3. The Kier molecular flexibility index (Phi) is 1.67.